The van der Waals surface area contributed by atoms with Crippen LogP contribution in [0.15, 0.2) is 24.3 Å². The Hall–Kier alpha value is -2.54. The van der Waals surface area contributed by atoms with E-state index < -0.39 is 11.7 Å². The molecule has 0 fully saturated rings. The van der Waals surface area contributed by atoms with Crippen LogP contribution < -0.4 is 16.0 Å². The monoisotopic (exact) mass is 448 g/mol. The molecule has 0 atom stereocenters. The van der Waals surface area contributed by atoms with Gasteiger partial charge in [0.1, 0.15) is 11.3 Å². The highest BCUT2D eigenvalue weighted by Crippen LogP contribution is 2.36. The Morgan fingerprint density at radius 1 is 1.06 bits per heavy atom. The number of amides is 2. The largest absolute Gasteiger partial charge is 0.444 e. The first-order valence-corrected chi connectivity index (χ1v) is 11.2. The highest BCUT2D eigenvalue weighted by Gasteiger charge is 2.17. The molecule has 2 aromatic rings. The number of unbranched alkanes of at least 4 members (excludes halogenated alkanes) is 2. The number of carbonyl (C=O) groups excluding carboxylic acids is 2. The van der Waals surface area contributed by atoms with Crippen LogP contribution in [0.1, 0.15) is 59.8 Å². The number of anilines is 2. The second-order valence-corrected chi connectivity index (χ2v) is 8.74. The maximum absolute atomic E-state index is 12.3. The SMILES string of the molecule is CCCCC(=O)Nc1c(Cl)nc2ccccc2c1NCCCCNC(=O)OC(C)(C)C. The van der Waals surface area contributed by atoms with E-state index in [0.717, 1.165) is 42.3 Å². The quantitative estimate of drug-likeness (QED) is 0.318. The first kappa shape index (κ1) is 24.7. The van der Waals surface area contributed by atoms with E-state index in [4.69, 9.17) is 16.3 Å². The molecule has 0 saturated heterocycles. The van der Waals surface area contributed by atoms with E-state index in [1.165, 1.54) is 0 Å². The van der Waals surface area contributed by atoms with Crippen LogP contribution in [0, 0.1) is 0 Å². The number of hydrogen-bond donors (Lipinski definition) is 3. The number of aromatic nitrogens is 1. The minimum atomic E-state index is -0.509. The maximum Gasteiger partial charge on any atom is 0.407 e. The van der Waals surface area contributed by atoms with Crippen molar-refractivity contribution in [2.24, 2.45) is 0 Å². The van der Waals surface area contributed by atoms with E-state index in [2.05, 4.69) is 20.9 Å². The van der Waals surface area contributed by atoms with Gasteiger partial charge < -0.3 is 20.7 Å². The zero-order valence-electron chi connectivity index (χ0n) is 18.8. The Labute approximate surface area is 189 Å². The van der Waals surface area contributed by atoms with Crippen molar-refractivity contribution >= 4 is 45.9 Å². The molecule has 0 aliphatic heterocycles. The van der Waals surface area contributed by atoms with Crippen molar-refractivity contribution in [2.45, 2.75) is 65.4 Å². The molecule has 0 bridgehead atoms. The standard InChI is InChI=1S/C23H33ClN4O3/c1-5-6-13-18(29)28-20-19(16-11-7-8-12-17(16)27-21(20)24)25-14-9-10-15-26-22(30)31-23(2,3)4/h7-8,11-12H,5-6,9-10,13-15H2,1-4H3,(H,25,27)(H,26,30)(H,28,29). The molecule has 2 amide bonds. The number of nitrogens with one attached hydrogen (secondary N) is 3. The average molecular weight is 449 g/mol. The van der Waals surface area contributed by atoms with E-state index in [1.54, 1.807) is 0 Å². The Kier molecular flexibility index (Phi) is 9.37. The summed E-state index contributed by atoms with van der Waals surface area (Å²) in [4.78, 5) is 28.4. The number of ether oxygens (including phenoxy) is 1. The number of rotatable bonds is 10. The number of nitrogens with zero attached hydrogens (tertiary/aromatic N) is 1. The molecule has 1 aromatic heterocycles. The van der Waals surface area contributed by atoms with Gasteiger partial charge in [-0.25, -0.2) is 9.78 Å². The molecule has 0 radical (unpaired) electrons. The fraction of sp³-hybridized carbons (Fsp3) is 0.522. The summed E-state index contributed by atoms with van der Waals surface area (Å²) in [5.41, 5.74) is 1.52. The van der Waals surface area contributed by atoms with Crippen molar-refractivity contribution in [1.29, 1.82) is 0 Å². The number of fused-ring (bicyclic) bond motifs is 1. The van der Waals surface area contributed by atoms with Gasteiger partial charge in [0.2, 0.25) is 5.91 Å². The second kappa shape index (κ2) is 11.7. The predicted octanol–water partition coefficient (Wildman–Crippen LogP) is 5.73. The third-order valence-electron chi connectivity index (χ3n) is 4.44. The lowest BCUT2D eigenvalue weighted by Gasteiger charge is -2.19. The fourth-order valence-corrected chi connectivity index (χ4v) is 3.22. The van der Waals surface area contributed by atoms with Crippen LogP contribution in [-0.2, 0) is 9.53 Å². The number of para-hydroxylation sites is 1. The summed E-state index contributed by atoms with van der Waals surface area (Å²) in [5, 5.41) is 10.2. The van der Waals surface area contributed by atoms with Crippen molar-refractivity contribution < 1.29 is 14.3 Å². The van der Waals surface area contributed by atoms with Gasteiger partial charge in [0, 0.05) is 24.9 Å². The van der Waals surface area contributed by atoms with Crippen LogP contribution in [0.5, 0.6) is 0 Å². The van der Waals surface area contributed by atoms with E-state index in [-0.39, 0.29) is 11.1 Å². The molecule has 0 spiro atoms. The lowest BCUT2D eigenvalue weighted by molar-refractivity contribution is -0.116. The highest BCUT2D eigenvalue weighted by molar-refractivity contribution is 6.34. The Balaban J connectivity index is 2.00. The van der Waals surface area contributed by atoms with Gasteiger partial charge in [0.25, 0.3) is 0 Å². The van der Waals surface area contributed by atoms with Gasteiger partial charge in [-0.3, -0.25) is 4.79 Å². The smallest absolute Gasteiger partial charge is 0.407 e. The summed E-state index contributed by atoms with van der Waals surface area (Å²) in [7, 11) is 0. The molecule has 7 nitrogen and oxygen atoms in total. The molecule has 2 rings (SSSR count). The topological polar surface area (TPSA) is 92.4 Å². The Morgan fingerprint density at radius 2 is 1.77 bits per heavy atom. The number of halogens is 1. The predicted molar refractivity (Wildman–Crippen MR) is 127 cm³/mol. The van der Waals surface area contributed by atoms with E-state index in [1.807, 2.05) is 52.0 Å². The van der Waals surface area contributed by atoms with Crippen LogP contribution in [0.4, 0.5) is 16.2 Å². The number of alkyl carbamates (subject to hydrolysis) is 1. The summed E-state index contributed by atoms with van der Waals surface area (Å²) in [6.45, 7) is 8.72. The van der Waals surface area contributed by atoms with E-state index in [9.17, 15) is 9.59 Å². The summed E-state index contributed by atoms with van der Waals surface area (Å²) < 4.78 is 5.23. The molecule has 0 aliphatic carbocycles. The van der Waals surface area contributed by atoms with Gasteiger partial charge in [0.05, 0.1) is 11.2 Å². The first-order chi connectivity index (χ1) is 14.7. The number of pyridine rings is 1. The third kappa shape index (κ3) is 8.25. The normalized spacial score (nSPS) is 11.3. The average Bonchev–Trinajstić information content (AvgIpc) is 2.69. The minimum Gasteiger partial charge on any atom is -0.444 e. The Morgan fingerprint density at radius 3 is 2.48 bits per heavy atom. The summed E-state index contributed by atoms with van der Waals surface area (Å²) in [5.74, 6) is -0.0783. The van der Waals surface area contributed by atoms with Gasteiger partial charge >= 0.3 is 6.09 Å². The number of carbonyl (C=O) groups is 2. The van der Waals surface area contributed by atoms with E-state index in [0.29, 0.717) is 25.2 Å². The number of benzene rings is 1. The highest BCUT2D eigenvalue weighted by atomic mass is 35.5. The van der Waals surface area contributed by atoms with Crippen LogP contribution in [0.25, 0.3) is 10.9 Å². The van der Waals surface area contributed by atoms with Crippen LogP contribution in [0.2, 0.25) is 5.15 Å². The van der Waals surface area contributed by atoms with Crippen LogP contribution in [-0.4, -0.2) is 35.7 Å². The van der Waals surface area contributed by atoms with Crippen LogP contribution in [0.3, 0.4) is 0 Å². The minimum absolute atomic E-state index is 0.0783. The van der Waals surface area contributed by atoms with Gasteiger partial charge in [-0.15, -0.1) is 0 Å². The lowest BCUT2D eigenvalue weighted by Crippen LogP contribution is -2.33. The molecule has 1 aromatic carbocycles. The van der Waals surface area contributed by atoms with Gasteiger partial charge in [-0.05, 0) is 46.1 Å². The maximum atomic E-state index is 12.3. The molecular weight excluding hydrogens is 416 g/mol. The summed E-state index contributed by atoms with van der Waals surface area (Å²) in [6.07, 6.45) is 3.38. The zero-order chi connectivity index (χ0) is 22.9. The van der Waals surface area contributed by atoms with Crippen LogP contribution >= 0.6 is 11.6 Å². The molecule has 3 N–H and O–H groups in total. The summed E-state index contributed by atoms with van der Waals surface area (Å²) in [6, 6.07) is 7.67. The first-order valence-electron chi connectivity index (χ1n) is 10.8. The molecule has 31 heavy (non-hydrogen) atoms. The van der Waals surface area contributed by atoms with Crippen molar-refractivity contribution in [1.82, 2.24) is 10.3 Å². The molecule has 170 valence electrons. The molecule has 0 aliphatic rings. The van der Waals surface area contributed by atoms with Gasteiger partial charge in [-0.1, -0.05) is 43.1 Å². The number of hydrogen-bond acceptors (Lipinski definition) is 5. The molecule has 8 heteroatoms. The molecular formula is C23H33ClN4O3. The van der Waals surface area contributed by atoms with Gasteiger partial charge in [0.15, 0.2) is 5.15 Å². The Bertz CT molecular complexity index is 896. The van der Waals surface area contributed by atoms with Crippen molar-refractivity contribution in [2.75, 3.05) is 23.7 Å². The summed E-state index contributed by atoms with van der Waals surface area (Å²) >= 11 is 6.41. The lowest BCUT2D eigenvalue weighted by atomic mass is 10.1. The van der Waals surface area contributed by atoms with Crippen molar-refractivity contribution in [3.63, 3.8) is 0 Å². The van der Waals surface area contributed by atoms with E-state index >= 15 is 0 Å². The molecule has 0 unspecified atom stereocenters. The zero-order valence-corrected chi connectivity index (χ0v) is 19.6. The molecule has 1 heterocycles. The van der Waals surface area contributed by atoms with Gasteiger partial charge in [-0.2, -0.15) is 0 Å². The second-order valence-electron chi connectivity index (χ2n) is 8.38. The molecule has 0 saturated carbocycles. The van der Waals surface area contributed by atoms with Crippen molar-refractivity contribution in [3.05, 3.63) is 29.4 Å². The third-order valence-corrected chi connectivity index (χ3v) is 4.72. The fourth-order valence-electron chi connectivity index (χ4n) is 2.99. The van der Waals surface area contributed by atoms with Crippen molar-refractivity contribution in [3.8, 4) is 0 Å².